The van der Waals surface area contributed by atoms with E-state index in [4.69, 9.17) is 4.74 Å². The van der Waals surface area contributed by atoms with Crippen molar-refractivity contribution in [2.45, 2.75) is 23.7 Å². The maximum atomic E-state index is 13.3. The van der Waals surface area contributed by atoms with E-state index in [0.29, 0.717) is 35.5 Å². The third-order valence-electron chi connectivity index (χ3n) is 5.59. The molecule has 3 aromatic rings. The lowest BCUT2D eigenvalue weighted by atomic mass is 10.00. The van der Waals surface area contributed by atoms with Crippen molar-refractivity contribution in [3.8, 4) is 5.75 Å². The molecule has 0 spiro atoms. The van der Waals surface area contributed by atoms with E-state index in [1.54, 1.807) is 67.8 Å². The van der Waals surface area contributed by atoms with Crippen LogP contribution >= 0.6 is 0 Å². The van der Waals surface area contributed by atoms with Crippen LogP contribution in [0.3, 0.4) is 0 Å². The van der Waals surface area contributed by atoms with Crippen LogP contribution in [0, 0.1) is 0 Å². The van der Waals surface area contributed by atoms with E-state index >= 15 is 0 Å². The number of benzene rings is 3. The highest BCUT2D eigenvalue weighted by atomic mass is 32.2. The van der Waals surface area contributed by atoms with E-state index in [9.17, 15) is 18.0 Å². The minimum atomic E-state index is -3.80. The summed E-state index contributed by atoms with van der Waals surface area (Å²) < 4.78 is 31.8. The number of fused-ring (bicyclic) bond motifs is 1. The molecule has 0 saturated carbocycles. The van der Waals surface area contributed by atoms with Gasteiger partial charge in [-0.05, 0) is 60.0 Å². The summed E-state index contributed by atoms with van der Waals surface area (Å²) >= 11 is 0. The minimum Gasteiger partial charge on any atom is -0.497 e. The molecule has 1 heterocycles. The molecule has 0 aliphatic carbocycles. The summed E-state index contributed by atoms with van der Waals surface area (Å²) in [5.41, 5.74) is 2.55. The number of nitrogens with one attached hydrogen (secondary N) is 2. The third-order valence-corrected chi connectivity index (χ3v) is 7.34. The number of ether oxygens (including phenoxy) is 1. The second-order valence-corrected chi connectivity index (χ2v) is 9.86. The molecular weight excluding hydrogens is 440 g/mol. The van der Waals surface area contributed by atoms with Gasteiger partial charge in [-0.25, -0.2) is 8.42 Å². The molecule has 7 nitrogen and oxygen atoms in total. The van der Waals surface area contributed by atoms with E-state index in [1.807, 2.05) is 6.07 Å². The highest BCUT2D eigenvalue weighted by molar-refractivity contribution is 7.91. The van der Waals surface area contributed by atoms with Gasteiger partial charge in [0.1, 0.15) is 5.75 Å². The molecule has 33 heavy (non-hydrogen) atoms. The highest BCUT2D eigenvalue weighted by Crippen LogP contribution is 2.29. The molecule has 3 aromatic carbocycles. The van der Waals surface area contributed by atoms with Gasteiger partial charge in [-0.15, -0.1) is 0 Å². The molecule has 8 heteroatoms. The number of anilines is 2. The Kier molecular flexibility index (Phi) is 6.46. The molecule has 170 valence electrons. The lowest BCUT2D eigenvalue weighted by Crippen LogP contribution is -2.28. The lowest BCUT2D eigenvalue weighted by molar-refractivity contribution is -0.117. The number of hydrogen-bond acceptors (Lipinski definition) is 5. The van der Waals surface area contributed by atoms with Crippen LogP contribution in [0.5, 0.6) is 5.75 Å². The van der Waals surface area contributed by atoms with Crippen LogP contribution in [0.2, 0.25) is 0 Å². The Bertz CT molecular complexity index is 1270. The number of sulfone groups is 1. The Hall–Kier alpha value is -3.65. The first-order chi connectivity index (χ1) is 15.9. The summed E-state index contributed by atoms with van der Waals surface area (Å²) in [4.78, 5) is 24.9. The normalized spacial score (nSPS) is 14.0. The van der Waals surface area contributed by atoms with Crippen LogP contribution in [-0.4, -0.2) is 33.1 Å². The first kappa shape index (κ1) is 22.5. The fourth-order valence-corrected chi connectivity index (χ4v) is 5.35. The summed E-state index contributed by atoms with van der Waals surface area (Å²) in [5, 5.41) is 5.57. The van der Waals surface area contributed by atoms with Crippen molar-refractivity contribution in [3.05, 3.63) is 83.9 Å². The van der Waals surface area contributed by atoms with E-state index in [0.717, 1.165) is 5.56 Å². The second kappa shape index (κ2) is 9.46. The summed E-state index contributed by atoms with van der Waals surface area (Å²) in [6, 6.07) is 20.4. The largest absolute Gasteiger partial charge is 0.497 e. The van der Waals surface area contributed by atoms with Crippen molar-refractivity contribution in [2.75, 3.05) is 23.5 Å². The number of methoxy groups -OCH3 is 1. The molecule has 1 unspecified atom stereocenters. The maximum absolute atomic E-state index is 13.3. The van der Waals surface area contributed by atoms with Gasteiger partial charge < -0.3 is 15.4 Å². The SMILES string of the molecule is COc1ccc(NC(=O)C(CS(=O)(=O)c2ccc3c(c2)CCC(=O)N3)c2ccccc2)cc1. The molecule has 1 atom stereocenters. The van der Waals surface area contributed by atoms with Crippen molar-refractivity contribution < 1.29 is 22.7 Å². The van der Waals surface area contributed by atoms with Crippen LogP contribution in [0.25, 0.3) is 0 Å². The topological polar surface area (TPSA) is 102 Å². The first-order valence-corrected chi connectivity index (χ1v) is 12.2. The van der Waals surface area contributed by atoms with Gasteiger partial charge in [0.15, 0.2) is 9.84 Å². The van der Waals surface area contributed by atoms with Gasteiger partial charge in [0.2, 0.25) is 11.8 Å². The molecule has 1 aliphatic heterocycles. The van der Waals surface area contributed by atoms with E-state index in [-0.39, 0.29) is 16.6 Å². The van der Waals surface area contributed by atoms with Crippen molar-refractivity contribution in [1.82, 2.24) is 0 Å². The van der Waals surface area contributed by atoms with Crippen molar-refractivity contribution in [2.24, 2.45) is 0 Å². The Morgan fingerprint density at radius 2 is 1.76 bits per heavy atom. The molecule has 0 radical (unpaired) electrons. The van der Waals surface area contributed by atoms with Gasteiger partial charge in [0.05, 0.1) is 23.7 Å². The Morgan fingerprint density at radius 3 is 2.45 bits per heavy atom. The van der Waals surface area contributed by atoms with E-state index in [2.05, 4.69) is 10.6 Å². The maximum Gasteiger partial charge on any atom is 0.232 e. The number of carbonyl (C=O) groups is 2. The molecule has 0 saturated heterocycles. The highest BCUT2D eigenvalue weighted by Gasteiger charge is 2.29. The number of amides is 2. The average molecular weight is 465 g/mol. The van der Waals surface area contributed by atoms with Gasteiger partial charge in [-0.2, -0.15) is 0 Å². The van der Waals surface area contributed by atoms with Gasteiger partial charge in [0.25, 0.3) is 0 Å². The molecule has 2 N–H and O–H groups in total. The number of aryl methyl sites for hydroxylation is 1. The van der Waals surface area contributed by atoms with Crippen LogP contribution in [-0.2, 0) is 25.8 Å². The van der Waals surface area contributed by atoms with Gasteiger partial charge in [0, 0.05) is 17.8 Å². The minimum absolute atomic E-state index is 0.0857. The zero-order valence-electron chi connectivity index (χ0n) is 18.1. The van der Waals surface area contributed by atoms with Gasteiger partial charge >= 0.3 is 0 Å². The van der Waals surface area contributed by atoms with Crippen molar-refractivity contribution in [1.29, 1.82) is 0 Å². The van der Waals surface area contributed by atoms with Gasteiger partial charge in [-0.1, -0.05) is 30.3 Å². The van der Waals surface area contributed by atoms with Crippen LogP contribution in [0.4, 0.5) is 11.4 Å². The number of carbonyl (C=O) groups excluding carboxylic acids is 2. The predicted octanol–water partition coefficient (Wildman–Crippen LogP) is 3.78. The second-order valence-electron chi connectivity index (χ2n) is 7.83. The molecule has 0 fully saturated rings. The van der Waals surface area contributed by atoms with Gasteiger partial charge in [-0.3, -0.25) is 9.59 Å². The first-order valence-electron chi connectivity index (χ1n) is 10.5. The van der Waals surface area contributed by atoms with Crippen LogP contribution in [0.15, 0.2) is 77.7 Å². The summed E-state index contributed by atoms with van der Waals surface area (Å²) in [7, 11) is -2.24. The Balaban J connectivity index is 1.61. The molecule has 1 aliphatic rings. The summed E-state index contributed by atoms with van der Waals surface area (Å²) in [5.74, 6) is -1.14. The summed E-state index contributed by atoms with van der Waals surface area (Å²) in [6.07, 6.45) is 0.790. The third kappa shape index (κ3) is 5.23. The lowest BCUT2D eigenvalue weighted by Gasteiger charge is -2.20. The molecule has 4 rings (SSSR count). The molecule has 2 amide bonds. The molecule has 0 bridgehead atoms. The van der Waals surface area contributed by atoms with Crippen LogP contribution < -0.4 is 15.4 Å². The number of hydrogen-bond donors (Lipinski definition) is 2. The Labute approximate surface area is 192 Å². The average Bonchev–Trinajstić information content (AvgIpc) is 2.83. The van der Waals surface area contributed by atoms with Crippen LogP contribution in [0.1, 0.15) is 23.5 Å². The predicted molar refractivity (Wildman–Crippen MR) is 126 cm³/mol. The zero-order valence-corrected chi connectivity index (χ0v) is 18.9. The van der Waals surface area contributed by atoms with Crippen molar-refractivity contribution in [3.63, 3.8) is 0 Å². The standard InChI is InChI=1S/C25H24N2O5S/c1-32-20-10-8-19(9-11-20)26-25(29)22(17-5-3-2-4-6-17)16-33(30,31)21-12-13-23-18(15-21)7-14-24(28)27-23/h2-6,8-13,15,22H,7,14,16H2,1H3,(H,26,29)(H,27,28). The number of rotatable bonds is 7. The fourth-order valence-electron chi connectivity index (χ4n) is 3.78. The Morgan fingerprint density at radius 1 is 1.03 bits per heavy atom. The monoisotopic (exact) mass is 464 g/mol. The van der Waals surface area contributed by atoms with E-state index in [1.165, 1.54) is 6.07 Å². The fraction of sp³-hybridized carbons (Fsp3) is 0.200. The quantitative estimate of drug-likeness (QED) is 0.554. The molecule has 0 aromatic heterocycles. The molecular formula is C25H24N2O5S. The summed E-state index contributed by atoms with van der Waals surface area (Å²) in [6.45, 7) is 0. The zero-order chi connectivity index (χ0) is 23.4. The smallest absolute Gasteiger partial charge is 0.232 e. The van der Waals surface area contributed by atoms with Crippen molar-refractivity contribution >= 4 is 33.0 Å². The van der Waals surface area contributed by atoms with E-state index < -0.39 is 21.7 Å².